The number of hydrogen-bond acceptors (Lipinski definition) is 6. The van der Waals surface area contributed by atoms with Crippen molar-refractivity contribution in [3.8, 4) is 11.8 Å². The molecule has 1 aliphatic heterocycles. The molecule has 126 valence electrons. The fourth-order valence-corrected chi connectivity index (χ4v) is 2.05. The summed E-state index contributed by atoms with van der Waals surface area (Å²) in [6.45, 7) is 2.66. The first-order chi connectivity index (χ1) is 10.9. The molecule has 0 radical (unpaired) electrons. The van der Waals surface area contributed by atoms with E-state index < -0.39 is 17.5 Å². The molecular formula is C16H21NO6. The van der Waals surface area contributed by atoms with Crippen molar-refractivity contribution in [3.05, 3.63) is 12.3 Å². The van der Waals surface area contributed by atoms with E-state index in [4.69, 9.17) is 4.74 Å². The minimum absolute atomic E-state index is 0.358. The highest BCUT2D eigenvalue weighted by molar-refractivity contribution is 5.93. The number of methoxy groups -OCH3 is 2. The molecule has 0 aromatic rings. The topological polar surface area (TPSA) is 82.1 Å². The van der Waals surface area contributed by atoms with Crippen molar-refractivity contribution in [2.24, 2.45) is 0 Å². The van der Waals surface area contributed by atoms with Crippen LogP contribution in [-0.2, 0) is 28.6 Å². The Bertz CT molecular complexity index is 539. The van der Waals surface area contributed by atoms with E-state index >= 15 is 0 Å². The molecule has 0 aromatic carbocycles. The molecule has 0 aliphatic carbocycles. The Labute approximate surface area is 135 Å². The number of carbonyl (C=O) groups is 3. The normalized spacial score (nSPS) is 16.7. The monoisotopic (exact) mass is 323 g/mol. The van der Waals surface area contributed by atoms with Crippen LogP contribution < -0.4 is 0 Å². The van der Waals surface area contributed by atoms with E-state index in [9.17, 15) is 14.4 Å². The van der Waals surface area contributed by atoms with E-state index in [2.05, 4.69) is 21.3 Å². The summed E-state index contributed by atoms with van der Waals surface area (Å²) < 4.78 is 14.2. The molecule has 7 heteroatoms. The third kappa shape index (κ3) is 5.66. The highest BCUT2D eigenvalue weighted by Gasteiger charge is 2.37. The van der Waals surface area contributed by atoms with Crippen LogP contribution in [0.2, 0.25) is 0 Å². The van der Waals surface area contributed by atoms with Gasteiger partial charge in [-0.25, -0.2) is 9.59 Å². The third-order valence-corrected chi connectivity index (χ3v) is 3.35. The molecule has 0 spiro atoms. The van der Waals surface area contributed by atoms with Crippen LogP contribution >= 0.6 is 0 Å². The lowest BCUT2D eigenvalue weighted by Gasteiger charge is -2.32. The Morgan fingerprint density at radius 2 is 1.74 bits per heavy atom. The average molecular weight is 323 g/mol. The summed E-state index contributed by atoms with van der Waals surface area (Å²) >= 11 is 0. The minimum atomic E-state index is -1.59. The van der Waals surface area contributed by atoms with Crippen molar-refractivity contribution < 1.29 is 28.6 Å². The zero-order valence-electron chi connectivity index (χ0n) is 13.6. The van der Waals surface area contributed by atoms with E-state index in [-0.39, 0.29) is 5.91 Å². The van der Waals surface area contributed by atoms with Gasteiger partial charge in [0.25, 0.3) is 5.91 Å². The summed E-state index contributed by atoms with van der Waals surface area (Å²) in [5, 5.41) is 0. The summed E-state index contributed by atoms with van der Waals surface area (Å²) in [7, 11) is 2.42. The molecule has 1 amide bonds. The van der Waals surface area contributed by atoms with Gasteiger partial charge in [0.15, 0.2) is 0 Å². The molecule has 1 atom stereocenters. The molecule has 0 saturated carbocycles. The number of esters is 2. The van der Waals surface area contributed by atoms with Crippen molar-refractivity contribution in [2.75, 3.05) is 27.3 Å². The molecule has 1 heterocycles. The Hall–Kier alpha value is -2.49. The standard InChI is InChI=1S/C16H21NO6/c1-16(9-7-13(18)21-2,23-12-8-14(19)22-3)15(20)17-10-5-4-6-11-17/h8,12H,4-6,10-11H2,1-3H3/b12-8+. The van der Waals surface area contributed by atoms with Crippen LogP contribution in [0.1, 0.15) is 26.2 Å². The van der Waals surface area contributed by atoms with E-state index in [0.717, 1.165) is 31.6 Å². The van der Waals surface area contributed by atoms with Crippen LogP contribution in [0.15, 0.2) is 12.3 Å². The van der Waals surface area contributed by atoms with Gasteiger partial charge in [0.05, 0.1) is 26.6 Å². The average Bonchev–Trinajstić information content (AvgIpc) is 2.59. The summed E-state index contributed by atoms with van der Waals surface area (Å²) in [4.78, 5) is 36.6. The predicted octanol–water partition coefficient (Wildman–Crippen LogP) is 0.637. The minimum Gasteiger partial charge on any atom is -0.473 e. The van der Waals surface area contributed by atoms with Crippen molar-refractivity contribution >= 4 is 17.8 Å². The number of rotatable bonds is 4. The second kappa shape index (κ2) is 8.83. The first-order valence-electron chi connectivity index (χ1n) is 7.26. The molecule has 0 N–H and O–H groups in total. The Morgan fingerprint density at radius 1 is 1.09 bits per heavy atom. The molecule has 23 heavy (non-hydrogen) atoms. The fraction of sp³-hybridized carbons (Fsp3) is 0.562. The molecule has 1 saturated heterocycles. The third-order valence-electron chi connectivity index (χ3n) is 3.35. The number of piperidine rings is 1. The van der Waals surface area contributed by atoms with Crippen LogP contribution in [-0.4, -0.2) is 55.7 Å². The van der Waals surface area contributed by atoms with E-state index in [1.165, 1.54) is 21.1 Å². The van der Waals surface area contributed by atoms with Gasteiger partial charge in [-0.05, 0) is 32.1 Å². The number of likely N-dealkylation sites (tertiary alicyclic amines) is 1. The second-order valence-corrected chi connectivity index (χ2v) is 5.07. The van der Waals surface area contributed by atoms with Gasteiger partial charge in [0.1, 0.15) is 0 Å². The Kier molecular flexibility index (Phi) is 7.13. The van der Waals surface area contributed by atoms with E-state index in [1.54, 1.807) is 4.90 Å². The highest BCUT2D eigenvalue weighted by Crippen LogP contribution is 2.18. The van der Waals surface area contributed by atoms with Gasteiger partial charge in [-0.1, -0.05) is 0 Å². The molecule has 7 nitrogen and oxygen atoms in total. The maximum atomic E-state index is 12.7. The van der Waals surface area contributed by atoms with Crippen LogP contribution in [0, 0.1) is 11.8 Å². The maximum absolute atomic E-state index is 12.7. The summed E-state index contributed by atoms with van der Waals surface area (Å²) in [5.41, 5.74) is -1.59. The highest BCUT2D eigenvalue weighted by atomic mass is 16.5. The molecule has 0 aromatic heterocycles. The van der Waals surface area contributed by atoms with Gasteiger partial charge in [0, 0.05) is 19.0 Å². The van der Waals surface area contributed by atoms with Crippen molar-refractivity contribution in [1.29, 1.82) is 0 Å². The predicted molar refractivity (Wildman–Crippen MR) is 80.9 cm³/mol. The van der Waals surface area contributed by atoms with Crippen LogP contribution in [0.4, 0.5) is 0 Å². The Balaban J connectivity index is 2.95. The Morgan fingerprint density at radius 3 is 2.30 bits per heavy atom. The van der Waals surface area contributed by atoms with Crippen molar-refractivity contribution in [1.82, 2.24) is 4.90 Å². The lowest BCUT2D eigenvalue weighted by molar-refractivity contribution is -0.146. The summed E-state index contributed by atoms with van der Waals surface area (Å²) in [6.07, 6.45) is 4.95. The lowest BCUT2D eigenvalue weighted by atomic mass is 10.0. The van der Waals surface area contributed by atoms with Crippen LogP contribution in [0.5, 0.6) is 0 Å². The zero-order valence-corrected chi connectivity index (χ0v) is 13.6. The second-order valence-electron chi connectivity index (χ2n) is 5.07. The number of carbonyl (C=O) groups excluding carboxylic acids is 3. The van der Waals surface area contributed by atoms with Crippen molar-refractivity contribution in [3.63, 3.8) is 0 Å². The molecule has 1 aliphatic rings. The first-order valence-corrected chi connectivity index (χ1v) is 7.26. The fourth-order valence-electron chi connectivity index (χ4n) is 2.05. The number of hydrogen-bond donors (Lipinski definition) is 0. The van der Waals surface area contributed by atoms with Gasteiger partial charge >= 0.3 is 11.9 Å². The molecule has 0 bridgehead atoms. The summed E-state index contributed by atoms with van der Waals surface area (Å²) in [5.74, 6) is 2.95. The van der Waals surface area contributed by atoms with Gasteiger partial charge in [-0.15, -0.1) is 0 Å². The van der Waals surface area contributed by atoms with Gasteiger partial charge in [-0.2, -0.15) is 0 Å². The van der Waals surface area contributed by atoms with E-state index in [0.29, 0.717) is 13.1 Å². The molecule has 1 unspecified atom stereocenters. The van der Waals surface area contributed by atoms with Gasteiger partial charge < -0.3 is 19.1 Å². The summed E-state index contributed by atoms with van der Waals surface area (Å²) in [6, 6.07) is 0. The SMILES string of the molecule is COC(=O)C#CC(C)(O/C=C/C(=O)OC)C(=O)N1CCCCC1. The van der Waals surface area contributed by atoms with Gasteiger partial charge in [0.2, 0.25) is 5.60 Å². The number of ether oxygens (including phenoxy) is 3. The molecule has 1 rings (SSSR count). The maximum Gasteiger partial charge on any atom is 0.384 e. The smallest absolute Gasteiger partial charge is 0.384 e. The zero-order chi connectivity index (χ0) is 17.3. The molecular weight excluding hydrogens is 302 g/mol. The van der Waals surface area contributed by atoms with Crippen LogP contribution in [0.25, 0.3) is 0 Å². The molecule has 1 fully saturated rings. The quantitative estimate of drug-likeness (QED) is 0.248. The van der Waals surface area contributed by atoms with Crippen LogP contribution in [0.3, 0.4) is 0 Å². The van der Waals surface area contributed by atoms with Gasteiger partial charge in [-0.3, -0.25) is 4.79 Å². The largest absolute Gasteiger partial charge is 0.473 e. The first kappa shape index (κ1) is 18.6. The number of nitrogens with zero attached hydrogens (tertiary/aromatic N) is 1. The lowest BCUT2D eigenvalue weighted by Crippen LogP contribution is -2.49. The van der Waals surface area contributed by atoms with Crippen molar-refractivity contribution in [2.45, 2.75) is 31.8 Å². The number of amides is 1. The van der Waals surface area contributed by atoms with E-state index in [1.807, 2.05) is 0 Å².